The van der Waals surface area contributed by atoms with Gasteiger partial charge in [-0.25, -0.2) is 8.42 Å². The molecule has 3 aromatic carbocycles. The van der Waals surface area contributed by atoms with Crippen molar-refractivity contribution in [3.63, 3.8) is 0 Å². The van der Waals surface area contributed by atoms with Crippen molar-refractivity contribution in [1.29, 1.82) is 0 Å². The monoisotopic (exact) mass is 631 g/mol. The van der Waals surface area contributed by atoms with Gasteiger partial charge in [0.2, 0.25) is 11.8 Å². The number of benzene rings is 3. The molecule has 0 saturated heterocycles. The number of hydrogen-bond acceptors (Lipinski definition) is 6. The molecule has 0 spiro atoms. The van der Waals surface area contributed by atoms with E-state index >= 15 is 0 Å². The first kappa shape index (κ1) is 33.3. The van der Waals surface area contributed by atoms with E-state index in [1.54, 1.807) is 67.6 Å². The summed E-state index contributed by atoms with van der Waals surface area (Å²) < 4.78 is 35.2. The molecule has 2 amide bonds. The minimum atomic E-state index is -4.23. The van der Waals surface area contributed by atoms with Gasteiger partial charge in [0.25, 0.3) is 10.0 Å². The van der Waals surface area contributed by atoms with Crippen LogP contribution in [0.2, 0.25) is 5.02 Å². The smallest absolute Gasteiger partial charge is 0.264 e. The Bertz CT molecular complexity index is 1470. The highest BCUT2D eigenvalue weighted by molar-refractivity contribution is 7.98. The van der Waals surface area contributed by atoms with Crippen LogP contribution in [-0.2, 0) is 26.2 Å². The zero-order valence-electron chi connectivity index (χ0n) is 24.5. The molecule has 0 radical (unpaired) electrons. The highest BCUT2D eigenvalue weighted by Gasteiger charge is 2.35. The van der Waals surface area contributed by atoms with Crippen LogP contribution in [0.25, 0.3) is 0 Å². The molecule has 8 nitrogen and oxygen atoms in total. The zero-order valence-corrected chi connectivity index (χ0v) is 26.9. The standard InChI is InChI=1S/C31H38ClN3O5S2/c1-6-27(31(37)33-22(3)4)34(20-23-12-8-9-13-26(23)32)30(36)21-35(28-14-10-11-15-29(28)40-7-2)42(38,39)25-18-16-24(41-5)17-19-25/h8-19,22,27H,6-7,20-21H2,1-5H3,(H,33,37). The number of nitrogens with one attached hydrogen (secondary N) is 1. The summed E-state index contributed by atoms with van der Waals surface area (Å²) in [5.41, 5.74) is 0.860. The van der Waals surface area contributed by atoms with Crippen molar-refractivity contribution < 1.29 is 22.7 Å². The van der Waals surface area contributed by atoms with Crippen LogP contribution >= 0.6 is 23.4 Å². The Labute approximate surface area is 258 Å². The fourth-order valence-corrected chi connectivity index (χ4v) is 6.47. The maximum absolute atomic E-state index is 14.2. The number of anilines is 1. The first-order valence-corrected chi connectivity index (χ1v) is 16.8. The highest BCUT2D eigenvalue weighted by atomic mass is 35.5. The van der Waals surface area contributed by atoms with Crippen LogP contribution in [0.4, 0.5) is 5.69 Å². The third kappa shape index (κ3) is 8.20. The van der Waals surface area contributed by atoms with Crippen molar-refractivity contribution in [2.45, 2.75) is 62.5 Å². The highest BCUT2D eigenvalue weighted by Crippen LogP contribution is 2.33. The summed E-state index contributed by atoms with van der Waals surface area (Å²) in [6.45, 7) is 7.04. The molecular formula is C31H38ClN3O5S2. The SMILES string of the molecule is CCOc1ccccc1N(CC(=O)N(Cc1ccccc1Cl)C(CC)C(=O)NC(C)C)S(=O)(=O)c1ccc(SC)cc1. The molecule has 0 aliphatic heterocycles. The predicted octanol–water partition coefficient (Wildman–Crippen LogP) is 5.99. The van der Waals surface area contributed by atoms with E-state index in [1.807, 2.05) is 27.0 Å². The summed E-state index contributed by atoms with van der Waals surface area (Å²) in [6.07, 6.45) is 2.22. The molecule has 1 atom stereocenters. The van der Waals surface area contributed by atoms with Crippen molar-refractivity contribution in [3.05, 3.63) is 83.4 Å². The predicted molar refractivity (Wildman–Crippen MR) is 170 cm³/mol. The van der Waals surface area contributed by atoms with Gasteiger partial charge in [-0.2, -0.15) is 0 Å². The van der Waals surface area contributed by atoms with Crippen molar-refractivity contribution >= 4 is 50.9 Å². The number of nitrogens with zero attached hydrogens (tertiary/aromatic N) is 2. The van der Waals surface area contributed by atoms with Crippen molar-refractivity contribution in [2.75, 3.05) is 23.7 Å². The minimum absolute atomic E-state index is 0.0198. The Morgan fingerprint density at radius 3 is 2.21 bits per heavy atom. The van der Waals surface area contributed by atoms with E-state index in [-0.39, 0.29) is 29.1 Å². The third-order valence-corrected chi connectivity index (χ3v) is 9.36. The van der Waals surface area contributed by atoms with E-state index in [9.17, 15) is 18.0 Å². The van der Waals surface area contributed by atoms with Crippen molar-refractivity contribution in [3.8, 4) is 5.75 Å². The fourth-order valence-electron chi connectivity index (χ4n) is 4.44. The Kier molecular flexibility index (Phi) is 12.1. The second-order valence-electron chi connectivity index (χ2n) is 9.79. The number of para-hydroxylation sites is 2. The number of amides is 2. The molecule has 1 unspecified atom stereocenters. The minimum Gasteiger partial charge on any atom is -0.492 e. The topological polar surface area (TPSA) is 96.0 Å². The normalized spacial score (nSPS) is 12.1. The molecule has 0 bridgehead atoms. The maximum Gasteiger partial charge on any atom is 0.264 e. The molecule has 42 heavy (non-hydrogen) atoms. The molecule has 3 rings (SSSR count). The van der Waals surface area contributed by atoms with Gasteiger partial charge in [-0.1, -0.05) is 48.9 Å². The van der Waals surface area contributed by atoms with Gasteiger partial charge in [0.05, 0.1) is 17.2 Å². The quantitative estimate of drug-likeness (QED) is 0.220. The number of ether oxygens (including phenoxy) is 1. The summed E-state index contributed by atoms with van der Waals surface area (Å²) in [6, 6.07) is 19.2. The lowest BCUT2D eigenvalue weighted by Gasteiger charge is -2.34. The number of carbonyl (C=O) groups excluding carboxylic acids is 2. The molecular weight excluding hydrogens is 594 g/mol. The Balaban J connectivity index is 2.13. The average Bonchev–Trinajstić information content (AvgIpc) is 2.96. The van der Waals surface area contributed by atoms with Gasteiger partial charge >= 0.3 is 0 Å². The fraction of sp³-hybridized carbons (Fsp3) is 0.355. The lowest BCUT2D eigenvalue weighted by atomic mass is 10.1. The Morgan fingerprint density at radius 1 is 0.976 bits per heavy atom. The van der Waals surface area contributed by atoms with E-state index in [4.69, 9.17) is 16.3 Å². The molecule has 0 heterocycles. The Morgan fingerprint density at radius 2 is 1.62 bits per heavy atom. The molecule has 3 aromatic rings. The Hall–Kier alpha value is -3.21. The lowest BCUT2D eigenvalue weighted by molar-refractivity contribution is -0.140. The van der Waals surface area contributed by atoms with E-state index < -0.39 is 28.5 Å². The summed E-state index contributed by atoms with van der Waals surface area (Å²) >= 11 is 7.95. The van der Waals surface area contributed by atoms with Crippen LogP contribution in [0, 0.1) is 0 Å². The molecule has 0 fully saturated rings. The first-order chi connectivity index (χ1) is 20.0. The molecule has 226 valence electrons. The van der Waals surface area contributed by atoms with Crippen LogP contribution in [0.15, 0.2) is 82.6 Å². The van der Waals surface area contributed by atoms with Crippen LogP contribution in [0.1, 0.15) is 39.7 Å². The number of carbonyl (C=O) groups is 2. The van der Waals surface area contributed by atoms with Gasteiger partial charge in [-0.15, -0.1) is 11.8 Å². The molecule has 0 aromatic heterocycles. The van der Waals surface area contributed by atoms with E-state index in [2.05, 4.69) is 5.32 Å². The summed E-state index contributed by atoms with van der Waals surface area (Å²) in [4.78, 5) is 29.9. The number of rotatable bonds is 14. The van der Waals surface area contributed by atoms with Gasteiger partial charge in [0.15, 0.2) is 0 Å². The van der Waals surface area contributed by atoms with E-state index in [0.717, 1.165) is 9.20 Å². The van der Waals surface area contributed by atoms with Crippen molar-refractivity contribution in [1.82, 2.24) is 10.2 Å². The maximum atomic E-state index is 14.2. The summed E-state index contributed by atoms with van der Waals surface area (Å²) in [5.74, 6) is -0.569. The van der Waals surface area contributed by atoms with Crippen molar-refractivity contribution in [2.24, 2.45) is 0 Å². The zero-order chi connectivity index (χ0) is 30.9. The second kappa shape index (κ2) is 15.3. The van der Waals surface area contributed by atoms with Crippen LogP contribution in [0.5, 0.6) is 5.75 Å². The molecule has 0 saturated carbocycles. The van der Waals surface area contributed by atoms with Crippen LogP contribution < -0.4 is 14.4 Å². The van der Waals surface area contributed by atoms with Gasteiger partial charge in [-0.3, -0.25) is 13.9 Å². The first-order valence-electron chi connectivity index (χ1n) is 13.7. The van der Waals surface area contributed by atoms with Gasteiger partial charge in [0, 0.05) is 22.5 Å². The van der Waals surface area contributed by atoms with Gasteiger partial charge in [0.1, 0.15) is 18.3 Å². The van der Waals surface area contributed by atoms with Gasteiger partial charge < -0.3 is 15.0 Å². The van der Waals surface area contributed by atoms with Crippen LogP contribution in [-0.4, -0.2) is 56.6 Å². The molecule has 1 N–H and O–H groups in total. The summed E-state index contributed by atoms with van der Waals surface area (Å²) in [7, 11) is -4.23. The van der Waals surface area contributed by atoms with Crippen LogP contribution in [0.3, 0.4) is 0 Å². The van der Waals surface area contributed by atoms with E-state index in [1.165, 1.54) is 28.8 Å². The third-order valence-electron chi connectivity index (χ3n) is 6.48. The number of sulfonamides is 1. The van der Waals surface area contributed by atoms with E-state index in [0.29, 0.717) is 29.4 Å². The molecule has 0 aliphatic carbocycles. The summed E-state index contributed by atoms with van der Waals surface area (Å²) in [5, 5.41) is 3.33. The average molecular weight is 632 g/mol. The number of halogens is 1. The van der Waals surface area contributed by atoms with Gasteiger partial charge in [-0.05, 0) is 81.5 Å². The number of hydrogen-bond donors (Lipinski definition) is 1. The largest absolute Gasteiger partial charge is 0.492 e. The molecule has 11 heteroatoms. The lowest BCUT2D eigenvalue weighted by Crippen LogP contribution is -2.53. The number of thioether (sulfide) groups is 1. The second-order valence-corrected chi connectivity index (χ2v) is 12.9. The molecule has 0 aliphatic rings.